The van der Waals surface area contributed by atoms with Crippen molar-refractivity contribution >= 4 is 17.8 Å². The molecule has 6 rings (SSSR count). The Kier molecular flexibility index (Phi) is 13.2. The number of carboxylic acids is 1. The molecule has 0 spiro atoms. The SMILES string of the molecule is C=CC.CC(C)CC(NC(=O)c1cccc(CCNC(=O)C23CCCC2C2CCC4C(C)(CCC5C(C)(C)C(O)CCC54C)C2CC3)c1)C(C)CC(=O)O. The number of aliphatic hydroxyl groups is 1. The molecule has 0 aliphatic heterocycles. The molecule has 4 N–H and O–H groups in total. The number of rotatable bonds is 11. The first-order valence-corrected chi connectivity index (χ1v) is 21.6. The van der Waals surface area contributed by atoms with E-state index in [1.807, 2.05) is 38.1 Å². The van der Waals surface area contributed by atoms with E-state index < -0.39 is 5.97 Å². The molecule has 0 heterocycles. The molecule has 302 valence electrons. The predicted molar refractivity (Wildman–Crippen MR) is 218 cm³/mol. The topological polar surface area (TPSA) is 116 Å². The number of benzene rings is 1. The van der Waals surface area contributed by atoms with Crippen LogP contribution in [0.2, 0.25) is 0 Å². The third kappa shape index (κ3) is 8.09. The first-order chi connectivity index (χ1) is 25.4. The molecule has 11 unspecified atom stereocenters. The highest BCUT2D eigenvalue weighted by Gasteiger charge is 2.67. The summed E-state index contributed by atoms with van der Waals surface area (Å²) in [6, 6.07) is 7.44. The van der Waals surface area contributed by atoms with Gasteiger partial charge in [-0.15, -0.1) is 6.58 Å². The van der Waals surface area contributed by atoms with Gasteiger partial charge in [0.05, 0.1) is 11.5 Å². The normalized spacial score (nSPS) is 36.1. The van der Waals surface area contributed by atoms with Gasteiger partial charge in [0.25, 0.3) is 5.91 Å². The number of amides is 2. The highest BCUT2D eigenvalue weighted by molar-refractivity contribution is 5.94. The van der Waals surface area contributed by atoms with Gasteiger partial charge < -0.3 is 20.8 Å². The maximum atomic E-state index is 14.3. The molecule has 0 bridgehead atoms. The van der Waals surface area contributed by atoms with E-state index in [4.69, 9.17) is 0 Å². The lowest BCUT2D eigenvalue weighted by Crippen LogP contribution is -2.63. The lowest BCUT2D eigenvalue weighted by Gasteiger charge is -2.69. The molecule has 11 atom stereocenters. The van der Waals surface area contributed by atoms with Gasteiger partial charge in [0, 0.05) is 24.6 Å². The molecule has 0 saturated heterocycles. The van der Waals surface area contributed by atoms with Gasteiger partial charge in [-0.3, -0.25) is 14.4 Å². The summed E-state index contributed by atoms with van der Waals surface area (Å²) >= 11 is 0. The van der Waals surface area contributed by atoms with Gasteiger partial charge in [-0.2, -0.15) is 0 Å². The fraction of sp³-hybridized carbons (Fsp3) is 0.766. The Morgan fingerprint density at radius 3 is 2.30 bits per heavy atom. The van der Waals surface area contributed by atoms with Crippen molar-refractivity contribution in [3.8, 4) is 0 Å². The van der Waals surface area contributed by atoms with Gasteiger partial charge >= 0.3 is 5.97 Å². The zero-order chi connectivity index (χ0) is 39.6. The molecule has 2 amide bonds. The van der Waals surface area contributed by atoms with Crippen molar-refractivity contribution in [3.05, 3.63) is 48.0 Å². The number of hydrogen-bond donors (Lipinski definition) is 4. The molecule has 1 aromatic rings. The van der Waals surface area contributed by atoms with Crippen molar-refractivity contribution in [3.63, 3.8) is 0 Å². The van der Waals surface area contributed by atoms with Gasteiger partial charge in [0.15, 0.2) is 0 Å². The van der Waals surface area contributed by atoms with Crippen molar-refractivity contribution in [2.75, 3.05) is 6.54 Å². The summed E-state index contributed by atoms with van der Waals surface area (Å²) in [6.45, 7) is 21.7. The third-order valence-corrected chi connectivity index (χ3v) is 16.1. The molecule has 1 aromatic carbocycles. The van der Waals surface area contributed by atoms with Crippen LogP contribution in [0, 0.1) is 63.1 Å². The molecular weight excluding hydrogens is 673 g/mol. The lowest BCUT2D eigenvalue weighted by atomic mass is 9.36. The van der Waals surface area contributed by atoms with E-state index in [0.717, 1.165) is 50.5 Å². The fourth-order valence-electron chi connectivity index (χ4n) is 13.6. The Labute approximate surface area is 327 Å². The first-order valence-electron chi connectivity index (χ1n) is 21.6. The minimum Gasteiger partial charge on any atom is -0.481 e. The van der Waals surface area contributed by atoms with Crippen LogP contribution in [-0.4, -0.2) is 46.7 Å². The molecule has 5 fully saturated rings. The van der Waals surface area contributed by atoms with E-state index in [0.29, 0.717) is 59.5 Å². The standard InChI is InChI=1S/C44H68N2O5.C3H6/c1-27(2)24-34(28(3)25-38(48)49)46-39(50)30-11-8-10-29(26-30)18-23-45-40(51)44-19-9-12-33(44)31-13-14-36-42(6,32(31)15-22-44)20-16-35-41(4,5)37(47)17-21-43(35,36)7;1-3-2/h8,10-11,26-28,31-37,47H,9,12-25H2,1-7H3,(H,45,51)(H,46,50)(H,48,49);3H,1H2,2H3. The van der Waals surface area contributed by atoms with Crippen LogP contribution in [-0.2, 0) is 16.0 Å². The quantitative estimate of drug-likeness (QED) is 0.168. The molecule has 0 radical (unpaired) electrons. The smallest absolute Gasteiger partial charge is 0.303 e. The van der Waals surface area contributed by atoms with Crippen LogP contribution in [0.15, 0.2) is 36.9 Å². The minimum atomic E-state index is -0.852. The summed E-state index contributed by atoms with van der Waals surface area (Å²) in [6.07, 6.45) is 15.5. The largest absolute Gasteiger partial charge is 0.481 e. The van der Waals surface area contributed by atoms with Crippen molar-refractivity contribution in [2.24, 2.45) is 63.1 Å². The Bertz CT molecular complexity index is 1500. The van der Waals surface area contributed by atoms with Crippen LogP contribution in [0.1, 0.15) is 155 Å². The maximum Gasteiger partial charge on any atom is 0.303 e. The second-order valence-electron chi connectivity index (χ2n) is 20.0. The lowest BCUT2D eigenvalue weighted by molar-refractivity contribution is -0.214. The van der Waals surface area contributed by atoms with Crippen LogP contribution in [0.25, 0.3) is 0 Å². The molecule has 7 heteroatoms. The first kappa shape index (κ1) is 42.5. The van der Waals surface area contributed by atoms with Crippen molar-refractivity contribution < 1.29 is 24.6 Å². The molecule has 0 aromatic heterocycles. The van der Waals surface area contributed by atoms with Crippen LogP contribution in [0.5, 0.6) is 0 Å². The average Bonchev–Trinajstić information content (AvgIpc) is 3.56. The summed E-state index contributed by atoms with van der Waals surface area (Å²) < 4.78 is 0. The number of aliphatic hydroxyl groups excluding tert-OH is 1. The van der Waals surface area contributed by atoms with Crippen LogP contribution >= 0.6 is 0 Å². The minimum absolute atomic E-state index is 0.0190. The molecule has 7 nitrogen and oxygen atoms in total. The van der Waals surface area contributed by atoms with Crippen LogP contribution in [0.3, 0.4) is 0 Å². The van der Waals surface area contributed by atoms with E-state index in [1.54, 1.807) is 6.08 Å². The number of aliphatic carboxylic acids is 1. The second-order valence-corrected chi connectivity index (χ2v) is 20.0. The van der Waals surface area contributed by atoms with Gasteiger partial charge in [0.2, 0.25) is 5.91 Å². The zero-order valence-corrected chi connectivity index (χ0v) is 35.0. The summed E-state index contributed by atoms with van der Waals surface area (Å²) in [4.78, 5) is 38.9. The molecule has 5 aliphatic carbocycles. The molecule has 5 aliphatic rings. The van der Waals surface area contributed by atoms with E-state index in [1.165, 1.54) is 32.1 Å². The van der Waals surface area contributed by atoms with Crippen LogP contribution < -0.4 is 10.6 Å². The van der Waals surface area contributed by atoms with E-state index in [9.17, 15) is 24.6 Å². The van der Waals surface area contributed by atoms with Crippen LogP contribution in [0.4, 0.5) is 0 Å². The number of allylic oxidation sites excluding steroid dienone is 1. The number of carboxylic acid groups (broad SMARTS) is 1. The third-order valence-electron chi connectivity index (χ3n) is 16.1. The Morgan fingerprint density at radius 2 is 1.61 bits per heavy atom. The van der Waals surface area contributed by atoms with Crippen molar-refractivity contribution in [2.45, 2.75) is 157 Å². The van der Waals surface area contributed by atoms with E-state index in [2.05, 4.69) is 58.8 Å². The Balaban J connectivity index is 0.00000181. The zero-order valence-electron chi connectivity index (χ0n) is 35.0. The molecule has 54 heavy (non-hydrogen) atoms. The van der Waals surface area contributed by atoms with E-state index >= 15 is 0 Å². The Hall–Kier alpha value is -2.67. The van der Waals surface area contributed by atoms with Gasteiger partial charge in [-0.05, 0) is 159 Å². The molecule has 5 saturated carbocycles. The van der Waals surface area contributed by atoms with Gasteiger partial charge in [-0.25, -0.2) is 0 Å². The van der Waals surface area contributed by atoms with Gasteiger partial charge in [0.1, 0.15) is 0 Å². The average molecular weight is 747 g/mol. The number of carbonyl (C=O) groups is 3. The summed E-state index contributed by atoms with van der Waals surface area (Å²) in [7, 11) is 0. The maximum absolute atomic E-state index is 14.3. The number of hydrogen-bond acceptors (Lipinski definition) is 4. The number of carbonyl (C=O) groups excluding carboxylic acids is 2. The highest BCUT2D eigenvalue weighted by atomic mass is 16.4. The summed E-state index contributed by atoms with van der Waals surface area (Å²) in [5.74, 6) is 2.45. The summed E-state index contributed by atoms with van der Waals surface area (Å²) in [5, 5.41) is 26.8. The monoisotopic (exact) mass is 747 g/mol. The highest BCUT2D eigenvalue weighted by Crippen LogP contribution is 2.73. The Morgan fingerprint density at radius 1 is 0.907 bits per heavy atom. The second kappa shape index (κ2) is 16.8. The number of fused-ring (bicyclic) bond motifs is 7. The van der Waals surface area contributed by atoms with Crippen molar-refractivity contribution in [1.82, 2.24) is 10.6 Å². The molecular formula is C47H74N2O5. The summed E-state index contributed by atoms with van der Waals surface area (Å²) in [5.41, 5.74) is 1.92. The van der Waals surface area contributed by atoms with Crippen molar-refractivity contribution in [1.29, 1.82) is 0 Å². The number of nitrogens with one attached hydrogen (secondary N) is 2. The van der Waals surface area contributed by atoms with E-state index in [-0.39, 0.29) is 52.5 Å². The fourth-order valence-corrected chi connectivity index (χ4v) is 13.6. The van der Waals surface area contributed by atoms with Gasteiger partial charge in [-0.1, -0.05) is 73.1 Å². The predicted octanol–water partition coefficient (Wildman–Crippen LogP) is 9.62.